The van der Waals surface area contributed by atoms with Crippen molar-refractivity contribution in [1.82, 2.24) is 0 Å². The Balaban J connectivity index is -0.000000159. The van der Waals surface area contributed by atoms with E-state index in [0.29, 0.717) is 0 Å². The van der Waals surface area contributed by atoms with Crippen LogP contribution in [0.4, 0.5) is 0 Å². The van der Waals surface area contributed by atoms with Crippen molar-refractivity contribution >= 4 is 45.0 Å². The molecular formula is C28H42Br2Hf2Si2. The summed E-state index contributed by atoms with van der Waals surface area (Å²) in [5, 5.41) is 0. The average molecular weight is 952 g/mol. The van der Waals surface area contributed by atoms with Crippen LogP contribution in [0.3, 0.4) is 0 Å². The predicted molar refractivity (Wildman–Crippen MR) is 160 cm³/mol. The van der Waals surface area contributed by atoms with E-state index in [-0.39, 0.29) is 45.0 Å². The number of hydrogen-bond donors (Lipinski definition) is 0. The van der Waals surface area contributed by atoms with Gasteiger partial charge in [0.15, 0.2) is 0 Å². The van der Waals surface area contributed by atoms with Gasteiger partial charge < -0.3 is 0 Å². The average Bonchev–Trinajstić information content (AvgIpc) is 3.47. The van der Waals surface area contributed by atoms with Gasteiger partial charge in [-0.05, 0) is 0 Å². The minimum atomic E-state index is 0. The Morgan fingerprint density at radius 1 is 0.500 bits per heavy atom. The van der Waals surface area contributed by atoms with Gasteiger partial charge in [0.25, 0.3) is 0 Å². The molecule has 6 heteroatoms. The molecule has 0 amide bonds. The molecule has 0 aliphatic heterocycles. The molecule has 0 unspecified atom stereocenters. The summed E-state index contributed by atoms with van der Waals surface area (Å²) in [4.78, 5) is 0. The van der Waals surface area contributed by atoms with Crippen molar-refractivity contribution in [2.75, 3.05) is 0 Å². The summed E-state index contributed by atoms with van der Waals surface area (Å²) < 4.78 is 0. The molecule has 0 saturated carbocycles. The van der Waals surface area contributed by atoms with Crippen molar-refractivity contribution in [1.29, 1.82) is 0 Å². The fourth-order valence-corrected chi connectivity index (χ4v) is 2.06. The molecule has 0 saturated heterocycles. The van der Waals surface area contributed by atoms with E-state index in [1.165, 1.54) is 68.3 Å². The fourth-order valence-electron chi connectivity index (χ4n) is 2.06. The second kappa shape index (κ2) is 30.3. The standard InChI is InChI=1S/4C6H7.2C2H6Si.2BrH.2Hf/c4*1-6-4-2-3-5-6;2*1-3-2;;;;/h4*2,4H,3H2,1H3;2*1-2H3;2*1H;;/q4*-1;;;;;2*+2. The molecule has 0 aromatic rings. The summed E-state index contributed by atoms with van der Waals surface area (Å²) in [6, 6.07) is 0. The molecular weight excluding hydrogens is 909 g/mol. The van der Waals surface area contributed by atoms with Gasteiger partial charge in [-0.2, -0.15) is 24.3 Å². The van der Waals surface area contributed by atoms with Crippen LogP contribution in [-0.4, -0.2) is 11.0 Å². The van der Waals surface area contributed by atoms with Crippen molar-refractivity contribution in [2.45, 2.75) is 79.6 Å². The zero-order chi connectivity index (χ0) is 24.8. The van der Waals surface area contributed by atoms with Crippen molar-refractivity contribution < 1.29 is 46.0 Å². The molecule has 0 fully saturated rings. The van der Waals surface area contributed by atoms with Gasteiger partial charge in [-0.3, -0.25) is 24.3 Å². The van der Waals surface area contributed by atoms with Crippen LogP contribution >= 0.6 is 34.0 Å². The number of halogens is 2. The second-order valence-electron chi connectivity index (χ2n) is 7.87. The predicted octanol–water partition coefficient (Wildman–Crippen LogP) is 9.51. The second-order valence-corrected chi connectivity index (χ2v) is 33.4. The van der Waals surface area contributed by atoms with Crippen LogP contribution in [0, 0.1) is 24.3 Å². The Morgan fingerprint density at radius 2 is 0.647 bits per heavy atom. The Hall–Kier alpha value is 1.05. The first-order chi connectivity index (χ1) is 15.0. The first kappa shape index (κ1) is 42.2. The van der Waals surface area contributed by atoms with Crippen molar-refractivity contribution in [2.24, 2.45) is 0 Å². The van der Waals surface area contributed by atoms with Crippen LogP contribution in [0.5, 0.6) is 0 Å². The summed E-state index contributed by atoms with van der Waals surface area (Å²) in [5.41, 5.74) is 5.61. The molecule has 0 bridgehead atoms. The van der Waals surface area contributed by atoms with Gasteiger partial charge in [0.1, 0.15) is 0 Å². The molecule has 4 rings (SSSR count). The Bertz CT molecular complexity index is 669. The van der Waals surface area contributed by atoms with Gasteiger partial charge in [-0.25, -0.2) is 46.6 Å². The van der Waals surface area contributed by atoms with E-state index in [1.807, 2.05) is 0 Å². The van der Waals surface area contributed by atoms with Crippen LogP contribution in [-0.2, 0) is 46.0 Å². The zero-order valence-corrected chi connectivity index (χ0v) is 34.9. The van der Waals surface area contributed by atoms with Crippen molar-refractivity contribution in [3.63, 3.8) is 0 Å². The maximum atomic E-state index is 3.12. The summed E-state index contributed by atoms with van der Waals surface area (Å²) in [6.45, 7) is 17.6. The molecule has 4 aliphatic rings. The van der Waals surface area contributed by atoms with E-state index < -0.39 is 0 Å². The van der Waals surface area contributed by atoms with Crippen molar-refractivity contribution in [3.05, 3.63) is 95.2 Å². The van der Waals surface area contributed by atoms with E-state index in [1.54, 1.807) is 0 Å². The minimum absolute atomic E-state index is 0. The van der Waals surface area contributed by atoms with Crippen LogP contribution in [0.1, 0.15) is 53.4 Å². The van der Waals surface area contributed by atoms with E-state index in [9.17, 15) is 0 Å². The quantitative estimate of drug-likeness (QED) is 0.168. The Kier molecular flexibility index (Phi) is 37.5. The summed E-state index contributed by atoms with van der Waals surface area (Å²) in [6.07, 6.45) is 33.3. The molecule has 0 aromatic carbocycles. The van der Waals surface area contributed by atoms with Crippen LogP contribution in [0.15, 0.2) is 70.9 Å². The van der Waals surface area contributed by atoms with Gasteiger partial charge in [0.05, 0.1) is 0 Å². The SMILES string of the molecule is Br.Br.CC1=[C-]CC=C1.CC1=[C-]CC=C1.CC1=[C-]CC=C1.CC1=[C-]CC=C1.C[Si](C)=[Hf+2].C[Si](C)=[Hf+2]. The van der Waals surface area contributed by atoms with Crippen LogP contribution in [0.25, 0.3) is 0 Å². The molecule has 34 heavy (non-hydrogen) atoms. The number of allylic oxidation sites excluding steroid dienone is 16. The number of rotatable bonds is 0. The summed E-state index contributed by atoms with van der Waals surface area (Å²) >= 11 is 2.90. The Labute approximate surface area is 262 Å². The maximum absolute atomic E-state index is 3.12. The summed E-state index contributed by atoms with van der Waals surface area (Å²) in [7, 11) is 0. The molecule has 0 radical (unpaired) electrons. The molecule has 0 aromatic heterocycles. The van der Waals surface area contributed by atoms with Gasteiger partial charge in [0.2, 0.25) is 0 Å². The van der Waals surface area contributed by atoms with Gasteiger partial charge >= 0.3 is 83.2 Å². The number of hydrogen-bond acceptors (Lipinski definition) is 0. The zero-order valence-electron chi connectivity index (χ0n) is 22.3. The third-order valence-corrected chi connectivity index (χ3v) is 3.47. The molecule has 0 atom stereocenters. The van der Waals surface area contributed by atoms with Crippen molar-refractivity contribution in [3.8, 4) is 0 Å². The summed E-state index contributed by atoms with van der Waals surface area (Å²) in [5.74, 6) is 0. The monoisotopic (exact) mass is 952 g/mol. The normalized spacial score (nSPS) is 14.7. The molecule has 0 spiro atoms. The fraction of sp³-hybridized carbons (Fsp3) is 0.429. The van der Waals surface area contributed by atoms with Crippen LogP contribution < -0.4 is 0 Å². The van der Waals surface area contributed by atoms with Gasteiger partial charge in [-0.15, -0.1) is 59.6 Å². The third kappa shape index (κ3) is 40.2. The first-order valence-electron chi connectivity index (χ1n) is 11.0. The van der Waals surface area contributed by atoms with E-state index in [2.05, 4.69) is 127 Å². The molecule has 0 heterocycles. The van der Waals surface area contributed by atoms with Gasteiger partial charge in [-0.1, -0.05) is 27.7 Å². The first-order valence-corrected chi connectivity index (χ1v) is 26.8. The topological polar surface area (TPSA) is 0 Å². The molecule has 4 aliphatic carbocycles. The van der Waals surface area contributed by atoms with E-state index in [4.69, 9.17) is 0 Å². The van der Waals surface area contributed by atoms with E-state index in [0.717, 1.165) is 25.7 Å². The molecule has 184 valence electrons. The molecule has 0 nitrogen and oxygen atoms in total. The van der Waals surface area contributed by atoms with E-state index >= 15 is 0 Å². The Morgan fingerprint density at radius 3 is 0.676 bits per heavy atom. The van der Waals surface area contributed by atoms with Crippen LogP contribution in [0.2, 0.25) is 26.2 Å². The molecule has 0 N–H and O–H groups in total. The van der Waals surface area contributed by atoms with Gasteiger partial charge in [0, 0.05) is 0 Å². The third-order valence-electron chi connectivity index (χ3n) is 3.47.